The van der Waals surface area contributed by atoms with Crippen molar-refractivity contribution in [2.45, 2.75) is 39.7 Å². The quantitative estimate of drug-likeness (QED) is 0.773. The van der Waals surface area contributed by atoms with Gasteiger partial charge in [-0.25, -0.2) is 4.79 Å². The van der Waals surface area contributed by atoms with Gasteiger partial charge in [0.1, 0.15) is 6.26 Å². The summed E-state index contributed by atoms with van der Waals surface area (Å²) in [5, 5.41) is 0. The van der Waals surface area contributed by atoms with Crippen LogP contribution in [0.4, 0.5) is 6.01 Å². The summed E-state index contributed by atoms with van der Waals surface area (Å²) < 4.78 is 10.3. The average molecular weight is 252 g/mol. The van der Waals surface area contributed by atoms with Gasteiger partial charge in [-0.05, 0) is 32.6 Å². The van der Waals surface area contributed by atoms with E-state index in [0.29, 0.717) is 24.6 Å². The van der Waals surface area contributed by atoms with E-state index in [4.69, 9.17) is 9.15 Å². The minimum atomic E-state index is -0.426. The van der Waals surface area contributed by atoms with Gasteiger partial charge in [0, 0.05) is 12.6 Å². The Balaban J connectivity index is 2.11. The molecule has 1 aromatic rings. The van der Waals surface area contributed by atoms with Gasteiger partial charge in [0.15, 0.2) is 5.69 Å². The van der Waals surface area contributed by atoms with Crippen LogP contribution in [-0.4, -0.2) is 30.1 Å². The van der Waals surface area contributed by atoms with Crippen molar-refractivity contribution in [2.75, 3.05) is 18.1 Å². The Kier molecular flexibility index (Phi) is 3.89. The van der Waals surface area contributed by atoms with Crippen LogP contribution in [0.2, 0.25) is 0 Å². The fourth-order valence-electron chi connectivity index (χ4n) is 2.30. The molecule has 5 heteroatoms. The van der Waals surface area contributed by atoms with E-state index in [1.54, 1.807) is 6.92 Å². The Hall–Kier alpha value is -1.52. The number of carbonyl (C=O) groups excluding carboxylic acids is 1. The highest BCUT2D eigenvalue weighted by Crippen LogP contribution is 2.27. The molecule has 5 nitrogen and oxygen atoms in total. The summed E-state index contributed by atoms with van der Waals surface area (Å²) in [5.41, 5.74) is 0.247. The van der Waals surface area contributed by atoms with Gasteiger partial charge in [-0.15, -0.1) is 0 Å². The first-order valence-electron chi connectivity index (χ1n) is 6.52. The lowest BCUT2D eigenvalue weighted by molar-refractivity contribution is 0.0519. The molecule has 0 amide bonds. The maximum atomic E-state index is 11.5. The van der Waals surface area contributed by atoms with Crippen molar-refractivity contribution in [3.63, 3.8) is 0 Å². The lowest BCUT2D eigenvalue weighted by Crippen LogP contribution is -2.42. The number of oxazole rings is 1. The zero-order valence-electron chi connectivity index (χ0n) is 11.2. The van der Waals surface area contributed by atoms with Crippen LogP contribution in [-0.2, 0) is 4.74 Å². The van der Waals surface area contributed by atoms with Crippen molar-refractivity contribution >= 4 is 12.0 Å². The van der Waals surface area contributed by atoms with Crippen LogP contribution in [0.5, 0.6) is 0 Å². The van der Waals surface area contributed by atoms with E-state index >= 15 is 0 Å². The molecule has 0 bridgehead atoms. The van der Waals surface area contributed by atoms with Crippen LogP contribution >= 0.6 is 0 Å². The Bertz CT molecular complexity index is 416. The highest BCUT2D eigenvalue weighted by molar-refractivity contribution is 5.87. The highest BCUT2D eigenvalue weighted by atomic mass is 16.5. The van der Waals surface area contributed by atoms with Gasteiger partial charge < -0.3 is 14.1 Å². The number of nitrogens with zero attached hydrogens (tertiary/aromatic N) is 2. The van der Waals surface area contributed by atoms with Gasteiger partial charge in [0.25, 0.3) is 6.01 Å². The lowest BCUT2D eigenvalue weighted by Gasteiger charge is -2.36. The summed E-state index contributed by atoms with van der Waals surface area (Å²) in [5.74, 6) is 0.182. The zero-order chi connectivity index (χ0) is 13.1. The summed E-state index contributed by atoms with van der Waals surface area (Å²) in [7, 11) is 0. The maximum Gasteiger partial charge on any atom is 0.360 e. The molecule has 100 valence electrons. The number of esters is 1. The minimum absolute atomic E-state index is 0.247. The van der Waals surface area contributed by atoms with Crippen molar-refractivity contribution in [3.05, 3.63) is 12.0 Å². The highest BCUT2D eigenvalue weighted by Gasteiger charge is 2.28. The van der Waals surface area contributed by atoms with Crippen LogP contribution in [0.25, 0.3) is 0 Å². The third-order valence-electron chi connectivity index (χ3n) is 3.60. The fraction of sp³-hybridized carbons (Fsp3) is 0.692. The first-order chi connectivity index (χ1) is 8.63. The lowest BCUT2D eigenvalue weighted by atomic mass is 9.92. The number of piperidine rings is 1. The second kappa shape index (κ2) is 5.42. The largest absolute Gasteiger partial charge is 0.461 e. The van der Waals surface area contributed by atoms with Crippen molar-refractivity contribution in [3.8, 4) is 0 Å². The predicted molar refractivity (Wildman–Crippen MR) is 67.7 cm³/mol. The van der Waals surface area contributed by atoms with E-state index in [-0.39, 0.29) is 5.69 Å². The Morgan fingerprint density at radius 1 is 1.61 bits per heavy atom. The van der Waals surface area contributed by atoms with Crippen LogP contribution in [0, 0.1) is 5.92 Å². The van der Waals surface area contributed by atoms with E-state index in [9.17, 15) is 4.79 Å². The summed E-state index contributed by atoms with van der Waals surface area (Å²) >= 11 is 0. The van der Waals surface area contributed by atoms with Crippen molar-refractivity contribution in [1.82, 2.24) is 4.98 Å². The van der Waals surface area contributed by atoms with Gasteiger partial charge in [-0.1, -0.05) is 6.92 Å². The minimum Gasteiger partial charge on any atom is -0.461 e. The van der Waals surface area contributed by atoms with Gasteiger partial charge in [-0.3, -0.25) is 0 Å². The smallest absolute Gasteiger partial charge is 0.360 e. The molecule has 1 fully saturated rings. The first-order valence-corrected chi connectivity index (χ1v) is 6.52. The van der Waals surface area contributed by atoms with E-state index in [2.05, 4.69) is 23.7 Å². The van der Waals surface area contributed by atoms with Crippen LogP contribution in [0.15, 0.2) is 10.7 Å². The number of hydrogen-bond acceptors (Lipinski definition) is 5. The molecule has 2 atom stereocenters. The standard InChI is InChI=1S/C13H20N2O3/c1-4-17-12(16)11-8-18-13(14-11)15-7-5-6-9(2)10(15)3/h8-10H,4-7H2,1-3H3. The molecule has 1 saturated heterocycles. The summed E-state index contributed by atoms with van der Waals surface area (Å²) in [6, 6.07) is 0.907. The van der Waals surface area contributed by atoms with Crippen molar-refractivity contribution in [2.24, 2.45) is 5.92 Å². The third kappa shape index (κ3) is 2.49. The molecule has 2 heterocycles. The molecule has 0 aliphatic carbocycles. The molecule has 0 aromatic carbocycles. The van der Waals surface area contributed by atoms with Crippen LogP contribution < -0.4 is 4.90 Å². The van der Waals surface area contributed by atoms with Gasteiger partial charge in [0.2, 0.25) is 0 Å². The summed E-state index contributed by atoms with van der Waals surface area (Å²) in [6.45, 7) is 7.43. The Morgan fingerprint density at radius 2 is 2.39 bits per heavy atom. The number of hydrogen-bond donors (Lipinski definition) is 0. The normalized spacial score (nSPS) is 24.1. The number of carbonyl (C=O) groups is 1. The first kappa shape index (κ1) is 12.9. The van der Waals surface area contributed by atoms with E-state index in [1.165, 1.54) is 12.7 Å². The molecule has 2 unspecified atom stereocenters. The van der Waals surface area contributed by atoms with Crippen molar-refractivity contribution < 1.29 is 13.9 Å². The molecule has 0 radical (unpaired) electrons. The molecule has 18 heavy (non-hydrogen) atoms. The third-order valence-corrected chi connectivity index (χ3v) is 3.60. The number of aromatic nitrogens is 1. The van der Waals surface area contributed by atoms with E-state index < -0.39 is 5.97 Å². The number of anilines is 1. The van der Waals surface area contributed by atoms with Gasteiger partial charge in [0.05, 0.1) is 6.61 Å². The molecular weight excluding hydrogens is 232 g/mol. The van der Waals surface area contributed by atoms with Gasteiger partial charge >= 0.3 is 5.97 Å². The molecule has 0 N–H and O–H groups in total. The zero-order valence-corrected chi connectivity index (χ0v) is 11.2. The van der Waals surface area contributed by atoms with E-state index in [0.717, 1.165) is 13.0 Å². The average Bonchev–Trinajstić information content (AvgIpc) is 2.82. The molecular formula is C13H20N2O3. The molecule has 2 rings (SSSR count). The number of ether oxygens (including phenoxy) is 1. The second-order valence-electron chi connectivity index (χ2n) is 4.79. The molecule has 0 saturated carbocycles. The molecule has 0 spiro atoms. The summed E-state index contributed by atoms with van der Waals surface area (Å²) in [4.78, 5) is 17.9. The fourth-order valence-corrected chi connectivity index (χ4v) is 2.30. The SMILES string of the molecule is CCOC(=O)c1coc(N2CCCC(C)C2C)n1. The molecule has 1 aliphatic rings. The summed E-state index contributed by atoms with van der Waals surface area (Å²) in [6.07, 6.45) is 3.73. The monoisotopic (exact) mass is 252 g/mol. The number of rotatable bonds is 3. The predicted octanol–water partition coefficient (Wildman–Crippen LogP) is 2.48. The van der Waals surface area contributed by atoms with Crippen molar-refractivity contribution in [1.29, 1.82) is 0 Å². The molecule has 1 aliphatic heterocycles. The Morgan fingerprint density at radius 3 is 3.11 bits per heavy atom. The van der Waals surface area contributed by atoms with Gasteiger partial charge in [-0.2, -0.15) is 4.98 Å². The topological polar surface area (TPSA) is 55.6 Å². The van der Waals surface area contributed by atoms with Crippen LogP contribution in [0.1, 0.15) is 44.1 Å². The van der Waals surface area contributed by atoms with Crippen LogP contribution in [0.3, 0.4) is 0 Å². The second-order valence-corrected chi connectivity index (χ2v) is 4.79. The molecule has 1 aromatic heterocycles. The maximum absolute atomic E-state index is 11.5. The van der Waals surface area contributed by atoms with E-state index in [1.807, 2.05) is 0 Å². The Labute approximate surface area is 107 Å².